The van der Waals surface area contributed by atoms with Crippen LogP contribution in [0.3, 0.4) is 0 Å². The van der Waals surface area contributed by atoms with E-state index in [-0.39, 0.29) is 0 Å². The van der Waals surface area contributed by atoms with Crippen LogP contribution in [0.25, 0.3) is 0 Å². The van der Waals surface area contributed by atoms with Crippen molar-refractivity contribution in [1.82, 2.24) is 5.32 Å². The third kappa shape index (κ3) is 6.39. The topological polar surface area (TPSA) is 48.2 Å². The van der Waals surface area contributed by atoms with Crippen molar-refractivity contribution in [3.05, 3.63) is 0 Å². The lowest BCUT2D eigenvalue weighted by atomic mass is 9.93. The van der Waals surface area contributed by atoms with E-state index in [9.17, 15) is 0 Å². The van der Waals surface area contributed by atoms with Gasteiger partial charge in [0, 0.05) is 24.8 Å². The minimum absolute atomic E-state index is 0.404. The normalized spacial score (nSPS) is 17.6. The highest BCUT2D eigenvalue weighted by Crippen LogP contribution is 2.15. The van der Waals surface area contributed by atoms with E-state index in [0.717, 1.165) is 12.8 Å². The first-order chi connectivity index (χ1) is 7.15. The van der Waals surface area contributed by atoms with Crippen LogP contribution in [0.4, 0.5) is 0 Å². The molecule has 0 aliphatic carbocycles. The monoisotopic (exact) mass is 211 g/mol. The molecule has 0 rings (SSSR count). The summed E-state index contributed by atoms with van der Waals surface area (Å²) in [5, 5.41) is 10.4. The summed E-state index contributed by atoms with van der Waals surface area (Å²) < 4.78 is 0. The fourth-order valence-corrected chi connectivity index (χ4v) is 1.98. The smallest absolute Gasteiger partial charge is 0.0470 e. The van der Waals surface area contributed by atoms with Crippen LogP contribution in [0, 0.1) is 11.3 Å². The number of nitrogens with zero attached hydrogens (tertiary/aromatic N) is 1. The van der Waals surface area contributed by atoms with Crippen LogP contribution in [0.1, 0.15) is 40.5 Å². The van der Waals surface area contributed by atoms with Crippen LogP contribution < -0.4 is 5.32 Å². The zero-order valence-corrected chi connectivity index (χ0v) is 10.5. The van der Waals surface area contributed by atoms with E-state index in [1.165, 1.54) is 6.21 Å². The summed E-state index contributed by atoms with van der Waals surface area (Å²) in [6.07, 6.45) is 5.51. The second-order valence-corrected chi connectivity index (χ2v) is 4.10. The van der Waals surface area contributed by atoms with Gasteiger partial charge in [0.15, 0.2) is 0 Å². The van der Waals surface area contributed by atoms with E-state index in [4.69, 9.17) is 5.41 Å². The molecule has 0 amide bonds. The summed E-state index contributed by atoms with van der Waals surface area (Å²) in [6.45, 7) is 9.23. The minimum Gasteiger partial charge on any atom is -0.312 e. The van der Waals surface area contributed by atoms with E-state index in [2.05, 4.69) is 31.1 Å². The summed E-state index contributed by atoms with van der Waals surface area (Å²) in [4.78, 5) is 4.36. The minimum atomic E-state index is 0.404. The number of rotatable bonds is 8. The molecule has 0 aliphatic rings. The lowest BCUT2D eigenvalue weighted by Crippen LogP contribution is -2.36. The Morgan fingerprint density at radius 3 is 2.53 bits per heavy atom. The molecule has 3 heteroatoms. The highest BCUT2D eigenvalue weighted by atomic mass is 14.9. The zero-order chi connectivity index (χ0) is 11.7. The van der Waals surface area contributed by atoms with Crippen molar-refractivity contribution in [3.63, 3.8) is 0 Å². The predicted octanol–water partition coefficient (Wildman–Crippen LogP) is 2.51. The molecule has 15 heavy (non-hydrogen) atoms. The molecular weight excluding hydrogens is 186 g/mol. The largest absolute Gasteiger partial charge is 0.312 e. The summed E-state index contributed by atoms with van der Waals surface area (Å²) in [7, 11) is 0. The maximum atomic E-state index is 7.01. The van der Waals surface area contributed by atoms with E-state index >= 15 is 0 Å². The molecule has 0 aromatic carbocycles. The molecule has 0 bridgehead atoms. The molecule has 2 unspecified atom stereocenters. The first-order valence-electron chi connectivity index (χ1n) is 5.85. The van der Waals surface area contributed by atoms with E-state index in [1.807, 2.05) is 13.1 Å². The number of nitrogens with one attached hydrogen (secondary N) is 2. The van der Waals surface area contributed by atoms with Crippen LogP contribution in [0.15, 0.2) is 4.99 Å². The average Bonchev–Trinajstić information content (AvgIpc) is 2.19. The van der Waals surface area contributed by atoms with Gasteiger partial charge in [-0.05, 0) is 38.8 Å². The molecule has 88 valence electrons. The Kier molecular flexibility index (Phi) is 8.19. The van der Waals surface area contributed by atoms with Crippen molar-refractivity contribution in [2.24, 2.45) is 10.9 Å². The highest BCUT2D eigenvalue weighted by molar-refractivity contribution is 5.55. The average molecular weight is 211 g/mol. The van der Waals surface area contributed by atoms with Crippen LogP contribution in [0.2, 0.25) is 0 Å². The van der Waals surface area contributed by atoms with Crippen LogP contribution in [-0.4, -0.2) is 31.1 Å². The van der Waals surface area contributed by atoms with Crippen LogP contribution in [0.5, 0.6) is 0 Å². The molecule has 0 heterocycles. The molecule has 0 spiro atoms. The Hall–Kier alpha value is -0.700. The molecule has 0 saturated carbocycles. The van der Waals surface area contributed by atoms with Crippen LogP contribution >= 0.6 is 0 Å². The van der Waals surface area contributed by atoms with Gasteiger partial charge in [0.05, 0.1) is 0 Å². The third-order valence-corrected chi connectivity index (χ3v) is 2.73. The quantitative estimate of drug-likeness (QED) is 0.595. The highest BCUT2D eigenvalue weighted by Gasteiger charge is 2.16. The van der Waals surface area contributed by atoms with Crippen molar-refractivity contribution in [2.75, 3.05) is 6.54 Å². The van der Waals surface area contributed by atoms with Gasteiger partial charge in [-0.25, -0.2) is 0 Å². The first-order valence-corrected chi connectivity index (χ1v) is 5.85. The molecule has 0 fully saturated rings. The van der Waals surface area contributed by atoms with Gasteiger partial charge in [-0.3, -0.25) is 4.99 Å². The lowest BCUT2D eigenvalue weighted by Gasteiger charge is -2.24. The third-order valence-electron chi connectivity index (χ3n) is 2.73. The molecular formula is C12H25N3. The number of hydrogen-bond donors (Lipinski definition) is 2. The molecule has 3 atom stereocenters. The standard InChI is InChI=1S/C12H25N3/c1-5-12(15-8-7-13)10(3)9-11(4)14-6-2/h6-7,10-13,15H,5,8-9H2,1-4H3/b13-7?,14-6-/t10?,11?,12-/m1/s1. The Bertz CT molecular complexity index is 189. The molecule has 0 aromatic heterocycles. The van der Waals surface area contributed by atoms with Gasteiger partial charge >= 0.3 is 0 Å². The SMILES string of the molecule is C/C=N\C(C)CC(C)[C@@H](CC)NCC=N. The fourth-order valence-electron chi connectivity index (χ4n) is 1.98. The molecule has 0 radical (unpaired) electrons. The summed E-state index contributed by atoms with van der Waals surface area (Å²) in [5.41, 5.74) is 0. The van der Waals surface area contributed by atoms with Gasteiger partial charge in [0.2, 0.25) is 0 Å². The van der Waals surface area contributed by atoms with Gasteiger partial charge in [-0.1, -0.05) is 13.8 Å². The van der Waals surface area contributed by atoms with Crippen molar-refractivity contribution >= 4 is 12.4 Å². The fraction of sp³-hybridized carbons (Fsp3) is 0.833. The van der Waals surface area contributed by atoms with Crippen molar-refractivity contribution < 1.29 is 0 Å². The van der Waals surface area contributed by atoms with Crippen LogP contribution in [-0.2, 0) is 0 Å². The molecule has 3 nitrogen and oxygen atoms in total. The second kappa shape index (κ2) is 8.60. The van der Waals surface area contributed by atoms with Gasteiger partial charge in [0.25, 0.3) is 0 Å². The Balaban J connectivity index is 4.01. The first kappa shape index (κ1) is 14.3. The van der Waals surface area contributed by atoms with Gasteiger partial charge in [0.1, 0.15) is 0 Å². The lowest BCUT2D eigenvalue weighted by molar-refractivity contribution is 0.345. The summed E-state index contributed by atoms with van der Waals surface area (Å²) >= 11 is 0. The number of aliphatic imine (C=N–C) groups is 1. The maximum Gasteiger partial charge on any atom is 0.0470 e. The Morgan fingerprint density at radius 2 is 2.07 bits per heavy atom. The molecule has 0 saturated heterocycles. The Morgan fingerprint density at radius 1 is 1.40 bits per heavy atom. The Labute approximate surface area is 93.9 Å². The summed E-state index contributed by atoms with van der Waals surface area (Å²) in [6, 6.07) is 0.905. The maximum absolute atomic E-state index is 7.01. The van der Waals surface area contributed by atoms with Gasteiger partial charge in [-0.2, -0.15) is 0 Å². The van der Waals surface area contributed by atoms with E-state index in [1.54, 1.807) is 0 Å². The molecule has 2 N–H and O–H groups in total. The van der Waals surface area contributed by atoms with E-state index < -0.39 is 0 Å². The van der Waals surface area contributed by atoms with Crippen molar-refractivity contribution in [1.29, 1.82) is 5.41 Å². The zero-order valence-electron chi connectivity index (χ0n) is 10.5. The summed E-state index contributed by atoms with van der Waals surface area (Å²) in [5.74, 6) is 0.605. The second-order valence-electron chi connectivity index (χ2n) is 4.10. The number of hydrogen-bond acceptors (Lipinski definition) is 3. The van der Waals surface area contributed by atoms with Gasteiger partial charge in [-0.15, -0.1) is 0 Å². The predicted molar refractivity (Wildman–Crippen MR) is 68.3 cm³/mol. The van der Waals surface area contributed by atoms with Crippen molar-refractivity contribution in [3.8, 4) is 0 Å². The molecule has 0 aliphatic heterocycles. The van der Waals surface area contributed by atoms with Crippen molar-refractivity contribution in [2.45, 2.75) is 52.6 Å². The molecule has 0 aromatic rings. The van der Waals surface area contributed by atoms with Gasteiger partial charge < -0.3 is 10.7 Å². The van der Waals surface area contributed by atoms with E-state index in [0.29, 0.717) is 24.5 Å².